The van der Waals surface area contributed by atoms with Crippen LogP contribution in [0.1, 0.15) is 5.56 Å². The van der Waals surface area contributed by atoms with Gasteiger partial charge < -0.3 is 10.0 Å². The fourth-order valence-corrected chi connectivity index (χ4v) is 2.34. The molecular weight excluding hydrogens is 254 g/mol. The molecule has 1 N–H and O–H groups in total. The van der Waals surface area contributed by atoms with Crippen molar-refractivity contribution < 1.29 is 13.5 Å². The topological polar surface area (TPSA) is 73.7 Å². The lowest BCUT2D eigenvalue weighted by molar-refractivity contribution is 0.281. The van der Waals surface area contributed by atoms with Crippen LogP contribution in [-0.2, 0) is 16.6 Å². The third kappa shape index (κ3) is 3.74. The van der Waals surface area contributed by atoms with Gasteiger partial charge in [-0.05, 0) is 25.7 Å². The van der Waals surface area contributed by atoms with E-state index < -0.39 is 10.0 Å². The second-order valence-corrected chi connectivity index (χ2v) is 6.28. The lowest BCUT2D eigenvalue weighted by Crippen LogP contribution is -2.33. The number of hydrogen-bond donors (Lipinski definition) is 1. The zero-order valence-electron chi connectivity index (χ0n) is 10.9. The van der Waals surface area contributed by atoms with Gasteiger partial charge in [0, 0.05) is 26.3 Å². The molecule has 1 aromatic heterocycles. The normalized spacial score (nSPS) is 12.3. The molecule has 0 bridgehead atoms. The van der Waals surface area contributed by atoms with Crippen molar-refractivity contribution in [2.45, 2.75) is 11.6 Å². The molecule has 0 atom stereocenters. The summed E-state index contributed by atoms with van der Waals surface area (Å²) in [7, 11) is 1.75. The van der Waals surface area contributed by atoms with Crippen molar-refractivity contribution in [2.24, 2.45) is 0 Å². The Hall–Kier alpha value is -1.02. The molecular formula is C11H19N3O3S. The average molecular weight is 273 g/mol. The Morgan fingerprint density at radius 2 is 1.89 bits per heavy atom. The fraction of sp³-hybridized carbons (Fsp3) is 0.545. The molecule has 1 aromatic rings. The van der Waals surface area contributed by atoms with E-state index in [0.29, 0.717) is 18.7 Å². The standard InChI is InChI=1S/C11H19N3O3S/c1-13(2)6-7-14(3)18(16,17)11-5-4-10(9-15)8-12-11/h4-5,8,15H,6-7,9H2,1-3H3. The Morgan fingerprint density at radius 3 is 2.33 bits per heavy atom. The first-order valence-corrected chi connectivity index (χ1v) is 6.99. The molecule has 0 unspecified atom stereocenters. The van der Waals surface area contributed by atoms with Crippen LogP contribution in [0, 0.1) is 0 Å². The summed E-state index contributed by atoms with van der Waals surface area (Å²) >= 11 is 0. The zero-order chi connectivity index (χ0) is 13.8. The highest BCUT2D eigenvalue weighted by Crippen LogP contribution is 2.11. The first-order chi connectivity index (χ1) is 8.37. The molecule has 0 aliphatic carbocycles. The minimum Gasteiger partial charge on any atom is -0.392 e. The van der Waals surface area contributed by atoms with Gasteiger partial charge in [-0.2, -0.15) is 4.31 Å². The number of hydrogen-bond acceptors (Lipinski definition) is 5. The van der Waals surface area contributed by atoms with Crippen molar-refractivity contribution in [3.8, 4) is 0 Å². The Bertz CT molecular complexity index is 471. The minimum atomic E-state index is -3.55. The van der Waals surface area contributed by atoms with Gasteiger partial charge in [0.15, 0.2) is 5.03 Å². The number of aliphatic hydroxyl groups is 1. The molecule has 1 rings (SSSR count). The van der Waals surface area contributed by atoms with E-state index in [2.05, 4.69) is 4.98 Å². The summed E-state index contributed by atoms with van der Waals surface area (Å²) in [4.78, 5) is 5.78. The SMILES string of the molecule is CN(C)CCN(C)S(=O)(=O)c1ccc(CO)cn1. The van der Waals surface area contributed by atoms with Gasteiger partial charge in [-0.25, -0.2) is 13.4 Å². The number of aromatic nitrogens is 1. The van der Waals surface area contributed by atoms with Gasteiger partial charge >= 0.3 is 0 Å². The van der Waals surface area contributed by atoms with Crippen molar-refractivity contribution in [3.63, 3.8) is 0 Å². The number of nitrogens with zero attached hydrogens (tertiary/aromatic N) is 3. The summed E-state index contributed by atoms with van der Waals surface area (Å²) in [6.45, 7) is 0.896. The molecule has 0 spiro atoms. The molecule has 0 aliphatic rings. The van der Waals surface area contributed by atoms with Gasteiger partial charge in [0.1, 0.15) is 0 Å². The van der Waals surface area contributed by atoms with Gasteiger partial charge in [-0.15, -0.1) is 0 Å². The number of sulfonamides is 1. The van der Waals surface area contributed by atoms with Gasteiger partial charge in [-0.3, -0.25) is 0 Å². The van der Waals surface area contributed by atoms with Crippen molar-refractivity contribution in [1.82, 2.24) is 14.2 Å². The molecule has 0 radical (unpaired) electrons. The molecule has 6 nitrogen and oxygen atoms in total. The third-order valence-corrected chi connectivity index (χ3v) is 4.29. The van der Waals surface area contributed by atoms with Gasteiger partial charge in [0.2, 0.25) is 0 Å². The number of likely N-dealkylation sites (N-methyl/N-ethyl adjacent to an activating group) is 2. The second-order valence-electron chi connectivity index (χ2n) is 4.29. The van der Waals surface area contributed by atoms with Crippen LogP contribution >= 0.6 is 0 Å². The molecule has 18 heavy (non-hydrogen) atoms. The molecule has 0 fully saturated rings. The molecule has 0 amide bonds. The van der Waals surface area contributed by atoms with Crippen LogP contribution in [0.25, 0.3) is 0 Å². The lowest BCUT2D eigenvalue weighted by Gasteiger charge is -2.18. The number of rotatable bonds is 6. The fourth-order valence-electron chi connectivity index (χ4n) is 1.28. The highest BCUT2D eigenvalue weighted by molar-refractivity contribution is 7.89. The van der Waals surface area contributed by atoms with Gasteiger partial charge in [-0.1, -0.05) is 6.07 Å². The van der Waals surface area contributed by atoms with Crippen LogP contribution in [0.2, 0.25) is 0 Å². The van der Waals surface area contributed by atoms with E-state index in [4.69, 9.17) is 5.11 Å². The van der Waals surface area contributed by atoms with Crippen LogP contribution in [0.3, 0.4) is 0 Å². The second kappa shape index (κ2) is 6.24. The predicted molar refractivity (Wildman–Crippen MR) is 68.5 cm³/mol. The molecule has 0 saturated heterocycles. The molecule has 0 aromatic carbocycles. The maximum atomic E-state index is 12.1. The molecule has 7 heteroatoms. The maximum Gasteiger partial charge on any atom is 0.260 e. The summed E-state index contributed by atoms with van der Waals surface area (Å²) in [5.41, 5.74) is 0.588. The van der Waals surface area contributed by atoms with Crippen molar-refractivity contribution in [3.05, 3.63) is 23.9 Å². The van der Waals surface area contributed by atoms with E-state index in [1.54, 1.807) is 6.07 Å². The predicted octanol–water partition coefficient (Wildman–Crippen LogP) is -0.244. The van der Waals surface area contributed by atoms with Crippen LogP contribution < -0.4 is 0 Å². The van der Waals surface area contributed by atoms with E-state index in [1.165, 1.54) is 23.6 Å². The third-order valence-electron chi connectivity index (χ3n) is 2.52. The smallest absolute Gasteiger partial charge is 0.260 e. The van der Waals surface area contributed by atoms with E-state index in [1.807, 2.05) is 19.0 Å². The maximum absolute atomic E-state index is 12.1. The summed E-state index contributed by atoms with van der Waals surface area (Å²) in [6.07, 6.45) is 1.37. The van der Waals surface area contributed by atoms with Gasteiger partial charge in [0.25, 0.3) is 10.0 Å². The lowest BCUT2D eigenvalue weighted by atomic mass is 10.3. The number of aliphatic hydroxyl groups excluding tert-OH is 1. The largest absolute Gasteiger partial charge is 0.392 e. The van der Waals surface area contributed by atoms with Crippen LogP contribution in [0.5, 0.6) is 0 Å². The highest BCUT2D eigenvalue weighted by Gasteiger charge is 2.21. The summed E-state index contributed by atoms with van der Waals surface area (Å²) in [5.74, 6) is 0. The minimum absolute atomic E-state index is 0.000885. The Labute approximate surface area is 108 Å². The Morgan fingerprint density at radius 1 is 1.22 bits per heavy atom. The van der Waals surface area contributed by atoms with E-state index in [9.17, 15) is 8.42 Å². The summed E-state index contributed by atoms with van der Waals surface area (Å²) < 4.78 is 25.5. The summed E-state index contributed by atoms with van der Waals surface area (Å²) in [5, 5.41) is 8.88. The van der Waals surface area contributed by atoms with E-state index in [0.717, 1.165) is 0 Å². The van der Waals surface area contributed by atoms with Crippen LogP contribution in [-0.4, -0.2) is 61.9 Å². The molecule has 102 valence electrons. The van der Waals surface area contributed by atoms with E-state index in [-0.39, 0.29) is 11.6 Å². The zero-order valence-corrected chi connectivity index (χ0v) is 11.7. The first-order valence-electron chi connectivity index (χ1n) is 5.55. The number of pyridine rings is 1. The quantitative estimate of drug-likeness (QED) is 0.774. The molecule has 1 heterocycles. The monoisotopic (exact) mass is 273 g/mol. The van der Waals surface area contributed by atoms with Crippen LogP contribution in [0.4, 0.5) is 0 Å². The van der Waals surface area contributed by atoms with Crippen LogP contribution in [0.15, 0.2) is 23.4 Å². The first kappa shape index (κ1) is 15.0. The van der Waals surface area contributed by atoms with Crippen molar-refractivity contribution >= 4 is 10.0 Å². The Kier molecular flexibility index (Phi) is 5.21. The van der Waals surface area contributed by atoms with E-state index >= 15 is 0 Å². The Balaban J connectivity index is 2.84. The van der Waals surface area contributed by atoms with Gasteiger partial charge in [0.05, 0.1) is 6.61 Å². The van der Waals surface area contributed by atoms with Crippen molar-refractivity contribution in [2.75, 3.05) is 34.2 Å². The average Bonchev–Trinajstić information content (AvgIpc) is 2.35. The molecule has 0 saturated carbocycles. The highest BCUT2D eigenvalue weighted by atomic mass is 32.2. The van der Waals surface area contributed by atoms with Crippen molar-refractivity contribution in [1.29, 1.82) is 0 Å². The molecule has 0 aliphatic heterocycles. The summed E-state index contributed by atoms with van der Waals surface area (Å²) in [6, 6.07) is 2.96.